The summed E-state index contributed by atoms with van der Waals surface area (Å²) in [5.74, 6) is 0.104. The average Bonchev–Trinajstić information content (AvgIpc) is 2.40. The number of nitrogens with one attached hydrogen (secondary N) is 2. The van der Waals surface area contributed by atoms with Crippen LogP contribution in [0.4, 0.5) is 0 Å². The lowest BCUT2D eigenvalue weighted by Crippen LogP contribution is -2.49. The molecule has 5 heteroatoms. The van der Waals surface area contributed by atoms with Crippen LogP contribution in [0.5, 0.6) is 0 Å². The summed E-state index contributed by atoms with van der Waals surface area (Å²) in [5.41, 5.74) is 0. The van der Waals surface area contributed by atoms with E-state index in [1.165, 1.54) is 12.8 Å². The van der Waals surface area contributed by atoms with Crippen LogP contribution in [0.15, 0.2) is 0 Å². The van der Waals surface area contributed by atoms with Gasteiger partial charge in [0.1, 0.15) is 0 Å². The van der Waals surface area contributed by atoms with Gasteiger partial charge in [0.05, 0.1) is 25.4 Å². The maximum Gasteiger partial charge on any atom is 0.221 e. The predicted octanol–water partition coefficient (Wildman–Crippen LogP) is 0.439. The van der Waals surface area contributed by atoms with Gasteiger partial charge >= 0.3 is 0 Å². The smallest absolute Gasteiger partial charge is 0.221 e. The summed E-state index contributed by atoms with van der Waals surface area (Å²) in [7, 11) is 1.73. The molecule has 2 rings (SSSR count). The zero-order valence-corrected chi connectivity index (χ0v) is 11.1. The quantitative estimate of drug-likeness (QED) is 0.766. The van der Waals surface area contributed by atoms with E-state index in [-0.39, 0.29) is 24.1 Å². The standard InChI is InChI=1S/C13H24N2O3/c1-17-12-5-3-2-4-11(12)15-13(16)8-10-9-18-7-6-14-10/h10-12,14H,2-9H2,1H3,(H,15,16). The van der Waals surface area contributed by atoms with Gasteiger partial charge in [0.25, 0.3) is 0 Å². The van der Waals surface area contributed by atoms with Gasteiger partial charge in [-0.3, -0.25) is 4.79 Å². The van der Waals surface area contributed by atoms with Gasteiger partial charge in [0, 0.05) is 26.1 Å². The zero-order valence-electron chi connectivity index (χ0n) is 11.1. The van der Waals surface area contributed by atoms with E-state index in [1.54, 1.807) is 7.11 Å². The maximum absolute atomic E-state index is 12.0. The van der Waals surface area contributed by atoms with Crippen LogP contribution in [0.2, 0.25) is 0 Å². The molecule has 1 heterocycles. The van der Waals surface area contributed by atoms with Crippen LogP contribution in [-0.4, -0.2) is 51.0 Å². The summed E-state index contributed by atoms with van der Waals surface area (Å²) in [6.45, 7) is 2.21. The third kappa shape index (κ3) is 3.93. The van der Waals surface area contributed by atoms with Crippen LogP contribution in [0.25, 0.3) is 0 Å². The van der Waals surface area contributed by atoms with Crippen molar-refractivity contribution in [1.29, 1.82) is 0 Å². The van der Waals surface area contributed by atoms with Gasteiger partial charge < -0.3 is 20.1 Å². The molecule has 3 unspecified atom stereocenters. The molecule has 3 atom stereocenters. The molecule has 0 aromatic rings. The lowest BCUT2D eigenvalue weighted by molar-refractivity contribution is -0.124. The third-order valence-electron chi connectivity index (χ3n) is 3.78. The van der Waals surface area contributed by atoms with E-state index in [0.717, 1.165) is 26.0 Å². The first-order valence-corrected chi connectivity index (χ1v) is 6.93. The van der Waals surface area contributed by atoms with Crippen molar-refractivity contribution in [3.63, 3.8) is 0 Å². The normalized spacial score (nSPS) is 33.1. The van der Waals surface area contributed by atoms with E-state index < -0.39 is 0 Å². The van der Waals surface area contributed by atoms with Crippen LogP contribution < -0.4 is 10.6 Å². The van der Waals surface area contributed by atoms with Gasteiger partial charge in [-0.1, -0.05) is 12.8 Å². The van der Waals surface area contributed by atoms with Crippen molar-refractivity contribution < 1.29 is 14.3 Å². The van der Waals surface area contributed by atoms with Gasteiger partial charge in [-0.15, -0.1) is 0 Å². The predicted molar refractivity (Wildman–Crippen MR) is 68.4 cm³/mol. The molecule has 1 aliphatic carbocycles. The first-order chi connectivity index (χ1) is 8.79. The monoisotopic (exact) mass is 256 g/mol. The number of morpholine rings is 1. The van der Waals surface area contributed by atoms with Crippen LogP contribution in [0.1, 0.15) is 32.1 Å². The van der Waals surface area contributed by atoms with Crippen LogP contribution in [0.3, 0.4) is 0 Å². The number of hydrogen-bond acceptors (Lipinski definition) is 4. The largest absolute Gasteiger partial charge is 0.379 e. The van der Waals surface area contributed by atoms with Crippen LogP contribution >= 0.6 is 0 Å². The highest BCUT2D eigenvalue weighted by Gasteiger charge is 2.27. The highest BCUT2D eigenvalue weighted by Crippen LogP contribution is 2.20. The Morgan fingerprint density at radius 3 is 3.00 bits per heavy atom. The van der Waals surface area contributed by atoms with E-state index in [2.05, 4.69) is 10.6 Å². The molecular formula is C13H24N2O3. The molecular weight excluding hydrogens is 232 g/mol. The summed E-state index contributed by atoms with van der Waals surface area (Å²) in [6, 6.07) is 0.337. The molecule has 0 bridgehead atoms. The molecule has 18 heavy (non-hydrogen) atoms. The van der Waals surface area contributed by atoms with Gasteiger partial charge in [-0.25, -0.2) is 0 Å². The second-order valence-corrected chi connectivity index (χ2v) is 5.16. The van der Waals surface area contributed by atoms with Crippen molar-refractivity contribution in [3.8, 4) is 0 Å². The van der Waals surface area contributed by atoms with Gasteiger partial charge in [-0.2, -0.15) is 0 Å². The molecule has 2 N–H and O–H groups in total. The number of amides is 1. The molecule has 2 fully saturated rings. The average molecular weight is 256 g/mol. The Bertz CT molecular complexity index is 267. The number of carbonyl (C=O) groups excluding carboxylic acids is 1. The third-order valence-corrected chi connectivity index (χ3v) is 3.78. The summed E-state index contributed by atoms with van der Waals surface area (Å²) >= 11 is 0. The Balaban J connectivity index is 1.75. The minimum Gasteiger partial charge on any atom is -0.379 e. The Kier molecular flexibility index (Phi) is 5.41. The lowest BCUT2D eigenvalue weighted by Gasteiger charge is -2.32. The summed E-state index contributed by atoms with van der Waals surface area (Å²) < 4.78 is 10.8. The Hall–Kier alpha value is -0.650. The molecule has 2 aliphatic rings. The van der Waals surface area contributed by atoms with Crippen molar-refractivity contribution in [2.24, 2.45) is 0 Å². The lowest BCUT2D eigenvalue weighted by atomic mass is 9.92. The summed E-state index contributed by atoms with van der Waals surface area (Å²) in [6.07, 6.45) is 5.12. The van der Waals surface area contributed by atoms with E-state index in [4.69, 9.17) is 9.47 Å². The number of rotatable bonds is 4. The molecule has 5 nitrogen and oxygen atoms in total. The molecule has 1 aliphatic heterocycles. The Morgan fingerprint density at radius 1 is 1.44 bits per heavy atom. The van der Waals surface area contributed by atoms with Crippen LogP contribution in [-0.2, 0) is 14.3 Å². The van der Waals surface area contributed by atoms with E-state index >= 15 is 0 Å². The Labute approximate surface area is 109 Å². The molecule has 1 amide bonds. The summed E-state index contributed by atoms with van der Waals surface area (Å²) in [4.78, 5) is 12.0. The summed E-state index contributed by atoms with van der Waals surface area (Å²) in [5, 5.41) is 6.40. The van der Waals surface area contributed by atoms with Gasteiger partial charge in [0.2, 0.25) is 5.91 Å². The second-order valence-electron chi connectivity index (χ2n) is 5.16. The van der Waals surface area contributed by atoms with Gasteiger partial charge in [-0.05, 0) is 12.8 Å². The fourth-order valence-corrected chi connectivity index (χ4v) is 2.78. The van der Waals surface area contributed by atoms with Gasteiger partial charge in [0.15, 0.2) is 0 Å². The molecule has 1 saturated carbocycles. The highest BCUT2D eigenvalue weighted by atomic mass is 16.5. The highest BCUT2D eigenvalue weighted by molar-refractivity contribution is 5.77. The van der Waals surface area contributed by atoms with Crippen molar-refractivity contribution in [1.82, 2.24) is 10.6 Å². The first-order valence-electron chi connectivity index (χ1n) is 6.93. The minimum absolute atomic E-state index is 0.104. The van der Waals surface area contributed by atoms with Crippen molar-refractivity contribution in [3.05, 3.63) is 0 Å². The van der Waals surface area contributed by atoms with Crippen molar-refractivity contribution in [2.75, 3.05) is 26.9 Å². The fraction of sp³-hybridized carbons (Fsp3) is 0.923. The van der Waals surface area contributed by atoms with Crippen LogP contribution in [0, 0.1) is 0 Å². The second kappa shape index (κ2) is 7.07. The molecule has 0 aromatic heterocycles. The number of carbonyl (C=O) groups is 1. The fourth-order valence-electron chi connectivity index (χ4n) is 2.78. The maximum atomic E-state index is 12.0. The SMILES string of the molecule is COC1CCCCC1NC(=O)CC1COCCN1. The first kappa shape index (κ1) is 13.8. The van der Waals surface area contributed by atoms with Crippen molar-refractivity contribution >= 4 is 5.91 Å². The molecule has 104 valence electrons. The number of hydrogen-bond donors (Lipinski definition) is 2. The Morgan fingerprint density at radius 2 is 2.28 bits per heavy atom. The van der Waals surface area contributed by atoms with E-state index in [9.17, 15) is 4.79 Å². The molecule has 0 spiro atoms. The molecule has 0 aromatic carbocycles. The van der Waals surface area contributed by atoms with E-state index in [1.807, 2.05) is 0 Å². The minimum atomic E-state index is 0.104. The molecule has 1 saturated heterocycles. The number of methoxy groups -OCH3 is 1. The number of ether oxygens (including phenoxy) is 2. The zero-order chi connectivity index (χ0) is 12.8. The topological polar surface area (TPSA) is 59.6 Å². The van der Waals surface area contributed by atoms with Crippen molar-refractivity contribution in [2.45, 2.75) is 50.3 Å². The molecule has 0 radical (unpaired) electrons. The van der Waals surface area contributed by atoms with E-state index in [0.29, 0.717) is 13.0 Å².